The van der Waals surface area contributed by atoms with Crippen molar-refractivity contribution in [2.24, 2.45) is 0 Å². The third-order valence-corrected chi connectivity index (χ3v) is 5.34. The molecule has 0 saturated heterocycles. The molecule has 0 radical (unpaired) electrons. The van der Waals surface area contributed by atoms with E-state index in [9.17, 15) is 32.3 Å². The fraction of sp³-hybridized carbons (Fsp3) is 0.217. The molecule has 3 aromatic rings. The van der Waals surface area contributed by atoms with Crippen molar-refractivity contribution in [1.82, 2.24) is 20.6 Å². The van der Waals surface area contributed by atoms with Crippen LogP contribution in [0, 0.1) is 5.82 Å². The molecular formula is C23H19F4N5O3. The van der Waals surface area contributed by atoms with E-state index < -0.39 is 34.9 Å². The minimum Gasteiger partial charge on any atom is -0.506 e. The maximum atomic E-state index is 13.3. The van der Waals surface area contributed by atoms with Gasteiger partial charge in [-0.15, -0.1) is 0 Å². The van der Waals surface area contributed by atoms with Gasteiger partial charge in [0.25, 0.3) is 5.91 Å². The molecule has 0 unspecified atom stereocenters. The number of alkyl halides is 3. The lowest BCUT2D eigenvalue weighted by Gasteiger charge is -2.17. The third kappa shape index (κ3) is 5.65. The van der Waals surface area contributed by atoms with Gasteiger partial charge in [-0.05, 0) is 49.2 Å². The van der Waals surface area contributed by atoms with Crippen LogP contribution in [0.3, 0.4) is 0 Å². The van der Waals surface area contributed by atoms with E-state index in [1.807, 2.05) is 0 Å². The fourth-order valence-electron chi connectivity index (χ4n) is 3.33. The minimum atomic E-state index is -4.74. The zero-order valence-corrected chi connectivity index (χ0v) is 18.0. The molecule has 182 valence electrons. The van der Waals surface area contributed by atoms with Crippen LogP contribution in [0.4, 0.5) is 28.9 Å². The fourth-order valence-corrected chi connectivity index (χ4v) is 3.33. The maximum absolute atomic E-state index is 13.3. The van der Waals surface area contributed by atoms with E-state index in [0.29, 0.717) is 24.6 Å². The number of aromatic nitrogens is 2. The van der Waals surface area contributed by atoms with Crippen LogP contribution in [0.5, 0.6) is 5.75 Å². The molecule has 0 aliphatic heterocycles. The van der Waals surface area contributed by atoms with Gasteiger partial charge in [-0.1, -0.05) is 0 Å². The van der Waals surface area contributed by atoms with E-state index in [1.54, 1.807) is 0 Å². The van der Waals surface area contributed by atoms with E-state index in [2.05, 4.69) is 25.9 Å². The number of nitrogens with one attached hydrogen (secondary N) is 3. The van der Waals surface area contributed by atoms with E-state index >= 15 is 0 Å². The number of pyridine rings is 2. The van der Waals surface area contributed by atoms with Crippen molar-refractivity contribution in [3.63, 3.8) is 0 Å². The largest absolute Gasteiger partial charge is 0.506 e. The number of hydrogen-bond donors (Lipinski definition) is 4. The molecule has 8 nitrogen and oxygen atoms in total. The Morgan fingerprint density at radius 2 is 1.83 bits per heavy atom. The molecule has 12 heteroatoms. The minimum absolute atomic E-state index is 0.0226. The summed E-state index contributed by atoms with van der Waals surface area (Å²) in [7, 11) is 0. The molecule has 0 spiro atoms. The van der Waals surface area contributed by atoms with Crippen molar-refractivity contribution in [3.05, 3.63) is 77.6 Å². The monoisotopic (exact) mass is 489 g/mol. The highest BCUT2D eigenvalue weighted by molar-refractivity contribution is 6.00. The van der Waals surface area contributed by atoms with Crippen LogP contribution in [0.1, 0.15) is 34.5 Å². The highest BCUT2D eigenvalue weighted by Gasteiger charge is 2.51. The second-order valence-corrected chi connectivity index (χ2v) is 8.00. The molecular weight excluding hydrogens is 470 g/mol. The van der Waals surface area contributed by atoms with Gasteiger partial charge in [0.05, 0.1) is 47.1 Å². The van der Waals surface area contributed by atoms with Gasteiger partial charge in [0.2, 0.25) is 5.91 Å². The molecule has 2 heterocycles. The predicted molar refractivity (Wildman–Crippen MR) is 116 cm³/mol. The summed E-state index contributed by atoms with van der Waals surface area (Å²) >= 11 is 0. The molecule has 0 atom stereocenters. The summed E-state index contributed by atoms with van der Waals surface area (Å²) in [6, 6.07) is 6.53. The van der Waals surface area contributed by atoms with Gasteiger partial charge in [0.15, 0.2) is 0 Å². The summed E-state index contributed by atoms with van der Waals surface area (Å²) < 4.78 is 52.8. The third-order valence-electron chi connectivity index (χ3n) is 5.34. The van der Waals surface area contributed by atoms with Gasteiger partial charge in [-0.2, -0.15) is 13.2 Å². The number of aromatic hydroxyl groups is 1. The first kappa shape index (κ1) is 23.9. The Labute approximate surface area is 196 Å². The average molecular weight is 489 g/mol. The number of rotatable bonds is 7. The molecule has 0 bridgehead atoms. The number of carbonyl (C=O) groups is 2. The number of carbonyl (C=O) groups excluding carboxylic acids is 2. The van der Waals surface area contributed by atoms with Crippen LogP contribution in [0.25, 0.3) is 0 Å². The van der Waals surface area contributed by atoms with E-state index in [-0.39, 0.29) is 29.2 Å². The van der Waals surface area contributed by atoms with Crippen molar-refractivity contribution in [2.75, 3.05) is 5.32 Å². The molecule has 1 aliphatic carbocycles. The Kier molecular flexibility index (Phi) is 6.29. The average Bonchev–Trinajstić information content (AvgIpc) is 3.59. The summed E-state index contributed by atoms with van der Waals surface area (Å²) in [6.07, 6.45) is -0.133. The first-order valence-corrected chi connectivity index (χ1v) is 10.4. The molecule has 1 saturated carbocycles. The van der Waals surface area contributed by atoms with Crippen LogP contribution < -0.4 is 16.0 Å². The number of anilines is 2. The zero-order valence-electron chi connectivity index (χ0n) is 18.0. The van der Waals surface area contributed by atoms with Crippen molar-refractivity contribution >= 4 is 23.2 Å². The Hall–Kier alpha value is -4.22. The van der Waals surface area contributed by atoms with Crippen LogP contribution in [-0.2, 0) is 17.5 Å². The molecule has 1 fully saturated rings. The molecule has 2 amide bonds. The lowest BCUT2D eigenvalue weighted by molar-refractivity contribution is -0.137. The van der Waals surface area contributed by atoms with Gasteiger partial charge in [-0.25, -0.2) is 4.39 Å². The number of nitrogens with zero attached hydrogens (tertiary/aromatic N) is 2. The van der Waals surface area contributed by atoms with Crippen LogP contribution >= 0.6 is 0 Å². The number of amides is 2. The number of halogens is 4. The first-order chi connectivity index (χ1) is 16.6. The molecule has 35 heavy (non-hydrogen) atoms. The quantitative estimate of drug-likeness (QED) is 0.377. The first-order valence-electron chi connectivity index (χ1n) is 10.4. The van der Waals surface area contributed by atoms with Gasteiger partial charge in [0, 0.05) is 6.20 Å². The van der Waals surface area contributed by atoms with E-state index in [0.717, 1.165) is 12.1 Å². The van der Waals surface area contributed by atoms with Crippen LogP contribution in [0.2, 0.25) is 0 Å². The Bertz CT molecular complexity index is 1260. The maximum Gasteiger partial charge on any atom is 0.418 e. The van der Waals surface area contributed by atoms with Crippen LogP contribution in [-0.4, -0.2) is 32.4 Å². The molecule has 1 aromatic carbocycles. The Morgan fingerprint density at radius 3 is 2.46 bits per heavy atom. The summed E-state index contributed by atoms with van der Waals surface area (Å²) in [5.74, 6) is -2.14. The van der Waals surface area contributed by atoms with Crippen LogP contribution in [0.15, 0.2) is 55.0 Å². The standard InChI is InChI=1S/C23H19F4N5O3/c24-14-1-4-19(18(8-14)23(25,26)27)31-16-3-2-15(29-11-16)10-30-21(35)22(5-6-22)32-20(34)13-7-17(33)12-28-9-13/h1-4,7-9,11-12,31,33H,5-6,10H2,(H,30,35)(H,32,34). The highest BCUT2D eigenvalue weighted by atomic mass is 19.4. The normalized spacial score (nSPS) is 14.2. The van der Waals surface area contributed by atoms with Gasteiger partial charge >= 0.3 is 6.18 Å². The molecule has 1 aliphatic rings. The number of benzene rings is 1. The second-order valence-electron chi connectivity index (χ2n) is 8.00. The predicted octanol–water partition coefficient (Wildman–Crippen LogP) is 3.66. The zero-order chi connectivity index (χ0) is 25.2. The smallest absolute Gasteiger partial charge is 0.418 e. The summed E-state index contributed by atoms with van der Waals surface area (Å²) in [4.78, 5) is 32.9. The van der Waals surface area contributed by atoms with Gasteiger partial charge in [0.1, 0.15) is 17.1 Å². The SMILES string of the molecule is O=C(NC1(C(=O)NCc2ccc(Nc3ccc(F)cc3C(F)(F)F)cn2)CC1)c1cncc(O)c1. The van der Waals surface area contributed by atoms with Crippen molar-refractivity contribution in [2.45, 2.75) is 31.1 Å². The highest BCUT2D eigenvalue weighted by Crippen LogP contribution is 2.37. The summed E-state index contributed by atoms with van der Waals surface area (Å²) in [6.45, 7) is 0.0226. The summed E-state index contributed by atoms with van der Waals surface area (Å²) in [5, 5.41) is 17.4. The topological polar surface area (TPSA) is 116 Å². The van der Waals surface area contributed by atoms with Crippen molar-refractivity contribution in [1.29, 1.82) is 0 Å². The molecule has 4 N–H and O–H groups in total. The molecule has 2 aromatic heterocycles. The summed E-state index contributed by atoms with van der Waals surface area (Å²) in [5.41, 5.74) is -1.76. The van der Waals surface area contributed by atoms with Crippen molar-refractivity contribution in [3.8, 4) is 5.75 Å². The molecule has 4 rings (SSSR count). The Balaban J connectivity index is 1.35. The lowest BCUT2D eigenvalue weighted by atomic mass is 10.1. The lowest BCUT2D eigenvalue weighted by Crippen LogP contribution is -2.48. The Morgan fingerprint density at radius 1 is 1.06 bits per heavy atom. The van der Waals surface area contributed by atoms with E-state index in [4.69, 9.17) is 0 Å². The van der Waals surface area contributed by atoms with Crippen molar-refractivity contribution < 1.29 is 32.3 Å². The van der Waals surface area contributed by atoms with Gasteiger partial charge < -0.3 is 21.1 Å². The van der Waals surface area contributed by atoms with E-state index in [1.165, 1.54) is 36.8 Å². The second kappa shape index (κ2) is 9.20. The van der Waals surface area contributed by atoms with Gasteiger partial charge in [-0.3, -0.25) is 19.6 Å². The number of hydrogen-bond acceptors (Lipinski definition) is 6.